The third-order valence-electron chi connectivity index (χ3n) is 3.23. The maximum absolute atomic E-state index is 8.76. The molecule has 1 aromatic rings. The lowest BCUT2D eigenvalue weighted by molar-refractivity contribution is 0.271. The minimum Gasteiger partial charge on any atom is -0.384 e. The Kier molecular flexibility index (Phi) is 5.21. The van der Waals surface area contributed by atoms with Gasteiger partial charge in [-0.15, -0.1) is 11.3 Å². The minimum absolute atomic E-state index is 0.0657. The Balaban J connectivity index is 1.98. The van der Waals surface area contributed by atoms with Gasteiger partial charge < -0.3 is 10.0 Å². The van der Waals surface area contributed by atoms with Gasteiger partial charge in [0.1, 0.15) is 6.61 Å². The molecule has 0 spiro atoms. The van der Waals surface area contributed by atoms with E-state index in [1.165, 1.54) is 17.8 Å². The second-order valence-electron chi connectivity index (χ2n) is 4.65. The molecule has 18 heavy (non-hydrogen) atoms. The van der Waals surface area contributed by atoms with Gasteiger partial charge in [-0.2, -0.15) is 0 Å². The van der Waals surface area contributed by atoms with E-state index < -0.39 is 0 Å². The van der Waals surface area contributed by atoms with Crippen LogP contribution >= 0.6 is 11.3 Å². The molecule has 0 amide bonds. The molecule has 1 aliphatic heterocycles. The molecule has 0 unspecified atom stereocenters. The predicted molar refractivity (Wildman–Crippen MR) is 75.7 cm³/mol. The summed E-state index contributed by atoms with van der Waals surface area (Å²) in [6, 6.07) is 2.05. The molecule has 0 atom stereocenters. The normalized spacial score (nSPS) is 18.1. The molecule has 0 saturated carbocycles. The van der Waals surface area contributed by atoms with Gasteiger partial charge in [0.15, 0.2) is 0 Å². The van der Waals surface area contributed by atoms with E-state index >= 15 is 0 Å². The van der Waals surface area contributed by atoms with Gasteiger partial charge in [-0.25, -0.2) is 0 Å². The summed E-state index contributed by atoms with van der Waals surface area (Å²) in [7, 11) is 2.19. The van der Waals surface area contributed by atoms with Crippen molar-refractivity contribution in [2.75, 3.05) is 39.8 Å². The molecule has 1 N–H and O–H groups in total. The highest BCUT2D eigenvalue weighted by Gasteiger charge is 2.14. The first-order chi connectivity index (χ1) is 8.79. The number of hydrogen-bond donors (Lipinski definition) is 1. The van der Waals surface area contributed by atoms with Crippen molar-refractivity contribution in [3.05, 3.63) is 21.9 Å². The molecular formula is C14H20N2OS. The average molecular weight is 264 g/mol. The second-order valence-corrected chi connectivity index (χ2v) is 5.65. The van der Waals surface area contributed by atoms with Crippen molar-refractivity contribution < 1.29 is 5.11 Å². The molecule has 3 nitrogen and oxygen atoms in total. The number of rotatable bonds is 2. The summed E-state index contributed by atoms with van der Waals surface area (Å²) >= 11 is 1.76. The Hall–Kier alpha value is -0.860. The molecular weight excluding hydrogens is 244 g/mol. The van der Waals surface area contributed by atoms with Crippen molar-refractivity contribution >= 4 is 11.3 Å². The summed E-state index contributed by atoms with van der Waals surface area (Å²) in [6.45, 7) is 5.54. The summed E-state index contributed by atoms with van der Waals surface area (Å²) < 4.78 is 0. The Bertz CT molecular complexity index is 432. The van der Waals surface area contributed by atoms with E-state index in [1.54, 1.807) is 11.3 Å². The van der Waals surface area contributed by atoms with Crippen LogP contribution in [0.25, 0.3) is 0 Å². The quantitative estimate of drug-likeness (QED) is 0.814. The molecule has 1 aromatic heterocycles. The molecule has 1 fully saturated rings. The van der Waals surface area contributed by atoms with Gasteiger partial charge in [-0.1, -0.05) is 11.8 Å². The van der Waals surface area contributed by atoms with E-state index in [4.69, 9.17) is 5.11 Å². The molecule has 0 aliphatic carbocycles. The number of hydrogen-bond acceptors (Lipinski definition) is 4. The van der Waals surface area contributed by atoms with Gasteiger partial charge in [0.05, 0.1) is 0 Å². The summed E-state index contributed by atoms with van der Waals surface area (Å²) in [5.74, 6) is 5.76. The first-order valence-electron chi connectivity index (χ1n) is 6.36. The van der Waals surface area contributed by atoms with E-state index in [-0.39, 0.29) is 6.61 Å². The molecule has 1 aliphatic rings. The molecule has 2 heterocycles. The van der Waals surface area contributed by atoms with Crippen molar-refractivity contribution in [3.8, 4) is 11.8 Å². The first kappa shape index (κ1) is 13.6. The summed E-state index contributed by atoms with van der Waals surface area (Å²) in [6.07, 6.45) is 1.24. The zero-order chi connectivity index (χ0) is 12.8. The van der Waals surface area contributed by atoms with Crippen LogP contribution in [0.4, 0.5) is 0 Å². The van der Waals surface area contributed by atoms with Crippen molar-refractivity contribution in [3.63, 3.8) is 0 Å². The lowest BCUT2D eigenvalue weighted by atomic mass is 10.2. The number of likely N-dealkylation sites (N-methyl/N-ethyl adjacent to an activating group) is 1. The van der Waals surface area contributed by atoms with Gasteiger partial charge in [-0.05, 0) is 38.0 Å². The van der Waals surface area contributed by atoms with Crippen LogP contribution in [0.3, 0.4) is 0 Å². The zero-order valence-electron chi connectivity index (χ0n) is 10.9. The van der Waals surface area contributed by atoms with E-state index in [1.807, 2.05) is 6.07 Å². The van der Waals surface area contributed by atoms with Gasteiger partial charge in [0.25, 0.3) is 0 Å². The van der Waals surface area contributed by atoms with Gasteiger partial charge in [0.2, 0.25) is 0 Å². The summed E-state index contributed by atoms with van der Waals surface area (Å²) in [5.41, 5.74) is 1.08. The lowest BCUT2D eigenvalue weighted by Gasteiger charge is -2.19. The maximum Gasteiger partial charge on any atom is 0.104 e. The topological polar surface area (TPSA) is 26.7 Å². The Labute approximate surface area is 113 Å². The van der Waals surface area contributed by atoms with E-state index in [0.717, 1.165) is 31.7 Å². The first-order valence-corrected chi connectivity index (χ1v) is 7.24. The number of aliphatic hydroxyl groups is 1. The fourth-order valence-electron chi connectivity index (χ4n) is 2.17. The van der Waals surface area contributed by atoms with Crippen LogP contribution < -0.4 is 0 Å². The van der Waals surface area contributed by atoms with Crippen molar-refractivity contribution in [2.24, 2.45) is 0 Å². The van der Waals surface area contributed by atoms with Gasteiger partial charge >= 0.3 is 0 Å². The number of aliphatic hydroxyl groups excluding tert-OH is 1. The highest BCUT2D eigenvalue weighted by molar-refractivity contribution is 7.10. The minimum atomic E-state index is -0.0657. The zero-order valence-corrected chi connectivity index (χ0v) is 11.7. The lowest BCUT2D eigenvalue weighted by Crippen LogP contribution is -2.28. The van der Waals surface area contributed by atoms with Crippen LogP contribution in [0.15, 0.2) is 11.4 Å². The van der Waals surface area contributed by atoms with Crippen molar-refractivity contribution in [1.82, 2.24) is 9.80 Å². The van der Waals surface area contributed by atoms with Crippen LogP contribution in [0.5, 0.6) is 0 Å². The maximum atomic E-state index is 8.76. The highest BCUT2D eigenvalue weighted by atomic mass is 32.1. The molecule has 0 aromatic carbocycles. The molecule has 4 heteroatoms. The average Bonchev–Trinajstić information content (AvgIpc) is 2.70. The predicted octanol–water partition coefficient (Wildman–Crippen LogP) is 1.23. The third-order valence-corrected chi connectivity index (χ3v) is 4.13. The van der Waals surface area contributed by atoms with Crippen LogP contribution in [-0.4, -0.2) is 54.7 Å². The van der Waals surface area contributed by atoms with Gasteiger partial charge in [0, 0.05) is 30.1 Å². The number of thiophene rings is 1. The molecule has 1 saturated heterocycles. The fourth-order valence-corrected chi connectivity index (χ4v) is 3.04. The molecule has 0 radical (unpaired) electrons. The van der Waals surface area contributed by atoms with E-state index in [0.29, 0.717) is 0 Å². The van der Waals surface area contributed by atoms with Crippen LogP contribution in [0.1, 0.15) is 16.9 Å². The van der Waals surface area contributed by atoms with E-state index in [2.05, 4.69) is 34.1 Å². The number of nitrogens with zero attached hydrogens (tertiary/aromatic N) is 2. The second kappa shape index (κ2) is 6.91. The van der Waals surface area contributed by atoms with Gasteiger partial charge in [-0.3, -0.25) is 4.90 Å². The van der Waals surface area contributed by atoms with Crippen LogP contribution in [-0.2, 0) is 6.54 Å². The van der Waals surface area contributed by atoms with Crippen molar-refractivity contribution in [1.29, 1.82) is 0 Å². The summed E-state index contributed by atoms with van der Waals surface area (Å²) in [5, 5.41) is 10.8. The Morgan fingerprint density at radius 2 is 2.22 bits per heavy atom. The monoisotopic (exact) mass is 264 g/mol. The van der Waals surface area contributed by atoms with Crippen LogP contribution in [0, 0.1) is 11.8 Å². The fraction of sp³-hybridized carbons (Fsp3) is 0.571. The SMILES string of the molecule is CN1CCCN(Cc2sccc2C#CCO)CC1. The Morgan fingerprint density at radius 1 is 1.33 bits per heavy atom. The smallest absolute Gasteiger partial charge is 0.104 e. The standard InChI is InChI=1S/C14H20N2OS/c1-15-6-3-7-16(9-8-15)12-14-13(4-2-10-17)5-11-18-14/h5,11,17H,3,6-10,12H2,1H3. The van der Waals surface area contributed by atoms with E-state index in [9.17, 15) is 0 Å². The van der Waals surface area contributed by atoms with Crippen molar-refractivity contribution in [2.45, 2.75) is 13.0 Å². The Morgan fingerprint density at radius 3 is 3.06 bits per heavy atom. The molecule has 0 bridgehead atoms. The molecule has 98 valence electrons. The molecule has 2 rings (SSSR count). The summed E-state index contributed by atoms with van der Waals surface area (Å²) in [4.78, 5) is 6.21. The highest BCUT2D eigenvalue weighted by Crippen LogP contribution is 2.18. The van der Waals surface area contributed by atoms with Crippen LogP contribution in [0.2, 0.25) is 0 Å². The third kappa shape index (κ3) is 3.82. The largest absolute Gasteiger partial charge is 0.384 e.